The second kappa shape index (κ2) is 5.10. The number of hydrogen-bond acceptors (Lipinski definition) is 3. The first-order valence-corrected chi connectivity index (χ1v) is 12.6. The lowest BCUT2D eigenvalue weighted by Gasteiger charge is -2.31. The van der Waals surface area contributed by atoms with Crippen LogP contribution in [0, 0.1) is 13.8 Å². The third-order valence-electron chi connectivity index (χ3n) is 8.07. The Bertz CT molecular complexity index is 2050. The van der Waals surface area contributed by atoms with E-state index in [0.717, 1.165) is 40.0 Å². The van der Waals surface area contributed by atoms with Crippen LogP contribution in [0.5, 0.6) is 11.6 Å². The molecule has 0 saturated heterocycles. The summed E-state index contributed by atoms with van der Waals surface area (Å²) in [6, 6.07) is 21.7. The molecule has 0 saturated carbocycles. The van der Waals surface area contributed by atoms with E-state index in [9.17, 15) is 0 Å². The molecule has 4 aromatic heterocycles. The number of rotatable bonds is 0. The fraction of sp³-hybridized carbons (Fsp3) is 0.0741. The highest BCUT2D eigenvalue weighted by atomic mass is 32.2. The maximum atomic E-state index is 6.63. The molecular weight excluding hydrogens is 456 g/mol. The number of hydrogen-bond donors (Lipinski definition) is 0. The van der Waals surface area contributed by atoms with Gasteiger partial charge in [-0.25, -0.2) is 0 Å². The minimum absolute atomic E-state index is 0.261. The van der Waals surface area contributed by atoms with Gasteiger partial charge >= 0.3 is 22.9 Å². The van der Waals surface area contributed by atoms with E-state index in [1.807, 2.05) is 11.8 Å². The second-order valence-corrected chi connectivity index (χ2v) is 10.7. The lowest BCUT2D eigenvalue weighted by molar-refractivity contribution is -1.05. The molecule has 164 valence electrons. The lowest BCUT2D eigenvalue weighted by Crippen LogP contribution is -2.88. The Hall–Kier alpha value is -4.14. The van der Waals surface area contributed by atoms with Crippen LogP contribution in [0.15, 0.2) is 76.7 Å². The molecular formula is C27H17N6OS+3. The average molecular weight is 474 g/mol. The van der Waals surface area contributed by atoms with E-state index in [2.05, 4.69) is 99.4 Å². The molecule has 1 spiro atoms. The Morgan fingerprint density at radius 3 is 2.77 bits per heavy atom. The number of fused-ring (bicyclic) bond motifs is 3. The zero-order valence-corrected chi connectivity index (χ0v) is 19.7. The summed E-state index contributed by atoms with van der Waals surface area (Å²) in [5, 5.41) is 7.69. The van der Waals surface area contributed by atoms with Gasteiger partial charge in [-0.15, -0.1) is 5.10 Å². The van der Waals surface area contributed by atoms with Crippen LogP contribution in [-0.2, 0) is 0 Å². The van der Waals surface area contributed by atoms with Crippen LogP contribution >= 0.6 is 11.8 Å². The fourth-order valence-electron chi connectivity index (χ4n) is 6.65. The van der Waals surface area contributed by atoms with Gasteiger partial charge in [0, 0.05) is 26.5 Å². The quantitative estimate of drug-likeness (QED) is 0.236. The molecule has 0 N–H and O–H groups in total. The van der Waals surface area contributed by atoms with Crippen LogP contribution in [0.25, 0.3) is 39.0 Å². The van der Waals surface area contributed by atoms with Crippen LogP contribution < -0.4 is 18.9 Å². The van der Waals surface area contributed by atoms with Gasteiger partial charge in [-0.1, -0.05) is 17.8 Å². The van der Waals surface area contributed by atoms with E-state index in [4.69, 9.17) is 9.84 Å². The van der Waals surface area contributed by atoms with Gasteiger partial charge in [0.15, 0.2) is 11.7 Å². The molecule has 1 atom stereocenters. The van der Waals surface area contributed by atoms with Crippen LogP contribution in [0.3, 0.4) is 0 Å². The van der Waals surface area contributed by atoms with E-state index in [-0.39, 0.29) is 4.81 Å². The standard InChI is InChI=1S/C27H17N6OS/c1-14-15(2)28-32-23(14)18-8-4-10-22-31(18)33(32)26-19(34-22)11-12-21-25(26)30-24-16(6-3-9-20(24)35-21)17-7-5-13-29(33)27(17)30/h3-13H,1-2H3/q+3. The summed E-state index contributed by atoms with van der Waals surface area (Å²) in [6.45, 7) is 4.27. The van der Waals surface area contributed by atoms with Crippen molar-refractivity contribution in [3.63, 3.8) is 0 Å². The van der Waals surface area contributed by atoms with Gasteiger partial charge in [0.05, 0.1) is 26.9 Å². The van der Waals surface area contributed by atoms with E-state index in [0.29, 0.717) is 0 Å². The second-order valence-electron chi connectivity index (χ2n) is 9.62. The predicted molar refractivity (Wildman–Crippen MR) is 130 cm³/mol. The normalized spacial score (nSPS) is 18.8. The molecule has 0 bridgehead atoms. The summed E-state index contributed by atoms with van der Waals surface area (Å²) in [7, 11) is 0. The number of ether oxygens (including phenoxy) is 1. The van der Waals surface area contributed by atoms with E-state index >= 15 is 0 Å². The number of benzene rings is 2. The van der Waals surface area contributed by atoms with Crippen molar-refractivity contribution in [3.8, 4) is 28.7 Å². The van der Waals surface area contributed by atoms with Crippen molar-refractivity contribution in [1.29, 1.82) is 0 Å². The molecule has 7 nitrogen and oxygen atoms in total. The minimum Gasteiger partial charge on any atom is -0.394 e. The van der Waals surface area contributed by atoms with E-state index in [1.54, 1.807) is 0 Å². The zero-order chi connectivity index (χ0) is 22.8. The molecule has 8 heterocycles. The average Bonchev–Trinajstić information content (AvgIpc) is 3.48. The highest BCUT2D eigenvalue weighted by Gasteiger charge is 2.72. The first-order valence-electron chi connectivity index (χ1n) is 11.7. The number of pyridine rings is 2. The molecule has 0 radical (unpaired) electrons. The molecule has 2 aromatic carbocycles. The molecule has 0 aliphatic carbocycles. The highest BCUT2D eigenvalue weighted by molar-refractivity contribution is 7.99. The van der Waals surface area contributed by atoms with Gasteiger partial charge in [0.2, 0.25) is 21.9 Å². The maximum Gasteiger partial charge on any atom is 0.438 e. The molecule has 8 heteroatoms. The highest BCUT2D eigenvalue weighted by Crippen LogP contribution is 2.56. The van der Waals surface area contributed by atoms with E-state index < -0.39 is 0 Å². The van der Waals surface area contributed by atoms with Crippen molar-refractivity contribution >= 4 is 39.4 Å². The first-order chi connectivity index (χ1) is 17.2. The number of para-hydroxylation sites is 1. The smallest absolute Gasteiger partial charge is 0.394 e. The van der Waals surface area contributed by atoms with Gasteiger partial charge in [0.25, 0.3) is 0 Å². The van der Waals surface area contributed by atoms with Crippen LogP contribution in [0.1, 0.15) is 11.3 Å². The topological polar surface area (TPSA) is 39.7 Å². The Kier molecular flexibility index (Phi) is 2.52. The molecule has 4 aliphatic heterocycles. The van der Waals surface area contributed by atoms with Crippen LogP contribution in [-0.4, -0.2) is 14.5 Å². The van der Waals surface area contributed by atoms with Gasteiger partial charge in [-0.2, -0.15) is 4.57 Å². The maximum absolute atomic E-state index is 6.63. The van der Waals surface area contributed by atoms with Crippen LogP contribution in [0.4, 0.5) is 5.69 Å². The van der Waals surface area contributed by atoms with Crippen molar-refractivity contribution in [2.45, 2.75) is 23.6 Å². The SMILES string of the molecule is Cc1nn2c(c1C)-c1cccc3[n+]1[N+]21c2c(ccc4c2-n2c5c(cccc5c5ccc[n+]1c52)S4)O3. The summed E-state index contributed by atoms with van der Waals surface area (Å²) in [5.41, 5.74) is 9.14. The molecule has 0 amide bonds. The Morgan fingerprint density at radius 2 is 1.83 bits per heavy atom. The first kappa shape index (κ1) is 17.3. The number of aryl methyl sites for hydroxylation is 1. The monoisotopic (exact) mass is 473 g/mol. The van der Waals surface area contributed by atoms with Crippen LogP contribution in [0.2, 0.25) is 0 Å². The minimum atomic E-state index is 0.261. The molecule has 1 unspecified atom stereocenters. The molecule has 35 heavy (non-hydrogen) atoms. The molecule has 10 rings (SSSR count). The molecule has 0 fully saturated rings. The van der Waals surface area contributed by atoms with Gasteiger partial charge in [-0.3, -0.25) is 0 Å². The van der Waals surface area contributed by atoms with Gasteiger partial charge in [-0.05, 0) is 56.3 Å². The molecule has 6 aromatic rings. The van der Waals surface area contributed by atoms with Crippen molar-refractivity contribution in [2.24, 2.45) is 0 Å². The Balaban J connectivity index is 1.58. The van der Waals surface area contributed by atoms with E-state index in [1.165, 1.54) is 37.3 Å². The van der Waals surface area contributed by atoms with Crippen molar-refractivity contribution in [3.05, 3.63) is 78.1 Å². The summed E-state index contributed by atoms with van der Waals surface area (Å²) in [6.07, 6.45) is 2.19. The van der Waals surface area contributed by atoms with Crippen molar-refractivity contribution in [2.75, 3.05) is 0 Å². The van der Waals surface area contributed by atoms with Gasteiger partial charge < -0.3 is 4.74 Å². The predicted octanol–water partition coefficient (Wildman–Crippen LogP) is 4.73. The summed E-state index contributed by atoms with van der Waals surface area (Å²) in [4.78, 5) is 4.96. The van der Waals surface area contributed by atoms with Crippen molar-refractivity contribution < 1.29 is 14.1 Å². The summed E-state index contributed by atoms with van der Waals surface area (Å²) >= 11 is 1.84. The number of aromatic nitrogens is 5. The fourth-order valence-corrected chi connectivity index (χ4v) is 7.76. The zero-order valence-electron chi connectivity index (χ0n) is 18.9. The summed E-state index contributed by atoms with van der Waals surface area (Å²) < 4.78 is 13.7. The molecule has 4 aliphatic rings. The Morgan fingerprint density at radius 1 is 0.943 bits per heavy atom. The lowest BCUT2D eigenvalue weighted by atomic mass is 10.1. The third kappa shape index (κ3) is 1.54. The Labute approximate surface area is 203 Å². The number of nitrogens with zero attached hydrogens (tertiary/aromatic N) is 6. The largest absolute Gasteiger partial charge is 0.438 e. The summed E-state index contributed by atoms with van der Waals surface area (Å²) in [5.74, 6) is 1.66. The third-order valence-corrected chi connectivity index (χ3v) is 9.17. The van der Waals surface area contributed by atoms with Crippen molar-refractivity contribution in [1.82, 2.24) is 19.3 Å². The van der Waals surface area contributed by atoms with Gasteiger partial charge in [0.1, 0.15) is 4.68 Å². The number of quaternary nitrogens is 1.